The van der Waals surface area contributed by atoms with Gasteiger partial charge in [-0.2, -0.15) is 0 Å². The molecule has 0 saturated carbocycles. The van der Waals surface area contributed by atoms with Crippen LogP contribution in [0.5, 0.6) is 0 Å². The van der Waals surface area contributed by atoms with E-state index in [2.05, 4.69) is 73.0 Å². The number of aliphatic imine (C=N–C) groups is 1. The Morgan fingerprint density at radius 2 is 1.71 bits per heavy atom. The summed E-state index contributed by atoms with van der Waals surface area (Å²) in [5.74, 6) is 0.817. The summed E-state index contributed by atoms with van der Waals surface area (Å²) in [6.07, 6.45) is 0. The fourth-order valence-corrected chi connectivity index (χ4v) is 2.79. The van der Waals surface area contributed by atoms with Gasteiger partial charge in [-0.15, -0.1) is 0 Å². The minimum Gasteiger partial charge on any atom is -0.379 e. The summed E-state index contributed by atoms with van der Waals surface area (Å²) in [6, 6.07) is 18.9. The molecule has 0 aromatic heterocycles. The molecule has 2 N–H and O–H groups in total. The molecule has 2 aromatic carbocycles. The van der Waals surface area contributed by atoms with Gasteiger partial charge in [-0.25, -0.2) is 4.99 Å². The first-order chi connectivity index (χ1) is 13.7. The predicted octanol–water partition coefficient (Wildman–Crippen LogP) is 4.06. The first kappa shape index (κ1) is 21.9. The summed E-state index contributed by atoms with van der Waals surface area (Å²) in [6.45, 7) is 10.2. The topological polar surface area (TPSA) is 54.9 Å². The van der Waals surface area contributed by atoms with Crippen LogP contribution in [0.4, 0.5) is 0 Å². The van der Waals surface area contributed by atoms with Crippen LogP contribution in [0.25, 0.3) is 0 Å². The number of rotatable bonds is 11. The second-order valence-corrected chi connectivity index (χ2v) is 6.54. The number of hydrogen-bond acceptors (Lipinski definition) is 3. The molecule has 5 nitrogen and oxygen atoms in total. The first-order valence-electron chi connectivity index (χ1n) is 10.1. The van der Waals surface area contributed by atoms with E-state index in [4.69, 9.17) is 14.5 Å². The minimum atomic E-state index is 0.184. The van der Waals surface area contributed by atoms with Crippen molar-refractivity contribution in [2.24, 2.45) is 4.99 Å². The Morgan fingerprint density at radius 3 is 2.46 bits per heavy atom. The van der Waals surface area contributed by atoms with Crippen LogP contribution in [0.2, 0.25) is 0 Å². The number of nitrogens with zero attached hydrogens (tertiary/aromatic N) is 1. The molecular formula is C23H33N3O2. The maximum atomic E-state index is 5.66. The molecule has 0 heterocycles. The van der Waals surface area contributed by atoms with Gasteiger partial charge in [0, 0.05) is 13.2 Å². The van der Waals surface area contributed by atoms with E-state index < -0.39 is 0 Å². The number of nitrogens with one attached hydrogen (secondary N) is 2. The Hall–Kier alpha value is -2.37. The van der Waals surface area contributed by atoms with Gasteiger partial charge in [0.2, 0.25) is 0 Å². The van der Waals surface area contributed by atoms with Crippen LogP contribution in [-0.4, -0.2) is 32.3 Å². The fraction of sp³-hybridized carbons (Fsp3) is 0.435. The van der Waals surface area contributed by atoms with Crippen LogP contribution >= 0.6 is 0 Å². The molecule has 0 aliphatic heterocycles. The van der Waals surface area contributed by atoms with Crippen molar-refractivity contribution >= 4 is 5.96 Å². The van der Waals surface area contributed by atoms with Crippen molar-refractivity contribution in [1.82, 2.24) is 10.6 Å². The van der Waals surface area contributed by atoms with Gasteiger partial charge in [0.05, 0.1) is 32.4 Å². The number of guanidine groups is 1. The maximum absolute atomic E-state index is 5.66. The van der Waals surface area contributed by atoms with Crippen molar-refractivity contribution in [2.45, 2.75) is 40.0 Å². The molecule has 0 radical (unpaired) electrons. The maximum Gasteiger partial charge on any atom is 0.192 e. The van der Waals surface area contributed by atoms with Crippen LogP contribution in [0.3, 0.4) is 0 Å². The summed E-state index contributed by atoms with van der Waals surface area (Å²) in [4.78, 5) is 4.74. The van der Waals surface area contributed by atoms with E-state index in [1.807, 2.05) is 13.0 Å². The molecule has 1 atom stereocenters. The molecule has 0 fully saturated rings. The molecular weight excluding hydrogens is 350 g/mol. The SMILES string of the molecule is CCNC(=NCc1cccc(COCCOCC)c1)NC(C)c1ccccc1. The van der Waals surface area contributed by atoms with Crippen LogP contribution in [0.15, 0.2) is 59.6 Å². The highest BCUT2D eigenvalue weighted by molar-refractivity contribution is 5.80. The second-order valence-electron chi connectivity index (χ2n) is 6.54. The fourth-order valence-electron chi connectivity index (χ4n) is 2.79. The lowest BCUT2D eigenvalue weighted by molar-refractivity contribution is 0.0453. The van der Waals surface area contributed by atoms with Gasteiger partial charge in [-0.05, 0) is 37.5 Å². The Bertz CT molecular complexity index is 704. The lowest BCUT2D eigenvalue weighted by Crippen LogP contribution is -2.38. The zero-order chi connectivity index (χ0) is 20.0. The lowest BCUT2D eigenvalue weighted by Gasteiger charge is -2.18. The number of benzene rings is 2. The molecule has 0 bridgehead atoms. The quantitative estimate of drug-likeness (QED) is 0.349. The standard InChI is InChI=1S/C23H33N3O2/c1-4-24-23(26-19(3)22-12-7-6-8-13-22)25-17-20-10-9-11-21(16-20)18-28-15-14-27-5-2/h6-13,16,19H,4-5,14-15,17-18H2,1-3H3,(H2,24,25,26). The third-order valence-electron chi connectivity index (χ3n) is 4.25. The molecule has 152 valence electrons. The van der Waals surface area contributed by atoms with Crippen molar-refractivity contribution < 1.29 is 9.47 Å². The van der Waals surface area contributed by atoms with Crippen LogP contribution in [-0.2, 0) is 22.6 Å². The molecule has 28 heavy (non-hydrogen) atoms. The molecule has 0 aliphatic carbocycles. The zero-order valence-corrected chi connectivity index (χ0v) is 17.3. The van der Waals surface area contributed by atoms with E-state index >= 15 is 0 Å². The van der Waals surface area contributed by atoms with Gasteiger partial charge < -0.3 is 20.1 Å². The molecule has 0 spiro atoms. The Morgan fingerprint density at radius 1 is 0.964 bits per heavy atom. The van der Waals surface area contributed by atoms with Gasteiger partial charge in [-0.1, -0.05) is 54.6 Å². The third kappa shape index (κ3) is 8.11. The molecule has 5 heteroatoms. The van der Waals surface area contributed by atoms with E-state index in [1.54, 1.807) is 0 Å². The summed E-state index contributed by atoms with van der Waals surface area (Å²) < 4.78 is 10.9. The highest BCUT2D eigenvalue weighted by atomic mass is 16.5. The minimum absolute atomic E-state index is 0.184. The van der Waals surface area contributed by atoms with E-state index in [1.165, 1.54) is 5.56 Å². The molecule has 0 amide bonds. The van der Waals surface area contributed by atoms with E-state index in [0.29, 0.717) is 26.4 Å². The van der Waals surface area contributed by atoms with Crippen LogP contribution < -0.4 is 10.6 Å². The summed E-state index contributed by atoms with van der Waals surface area (Å²) in [5, 5.41) is 6.80. The van der Waals surface area contributed by atoms with Gasteiger partial charge in [-0.3, -0.25) is 0 Å². The monoisotopic (exact) mass is 383 g/mol. The average Bonchev–Trinajstić information content (AvgIpc) is 2.73. The van der Waals surface area contributed by atoms with Crippen LogP contribution in [0, 0.1) is 0 Å². The smallest absolute Gasteiger partial charge is 0.192 e. The van der Waals surface area contributed by atoms with Crippen LogP contribution in [0.1, 0.15) is 43.5 Å². The lowest BCUT2D eigenvalue weighted by atomic mass is 10.1. The predicted molar refractivity (Wildman–Crippen MR) is 115 cm³/mol. The van der Waals surface area contributed by atoms with Crippen molar-refractivity contribution in [3.8, 4) is 0 Å². The highest BCUT2D eigenvalue weighted by Crippen LogP contribution is 2.11. The Labute approximate surface area is 169 Å². The summed E-state index contributed by atoms with van der Waals surface area (Å²) in [5.41, 5.74) is 3.55. The Balaban J connectivity index is 1.91. The van der Waals surface area contributed by atoms with E-state index in [9.17, 15) is 0 Å². The number of hydrogen-bond donors (Lipinski definition) is 2. The molecule has 2 rings (SSSR count). The second kappa shape index (κ2) is 12.9. The van der Waals surface area contributed by atoms with Gasteiger partial charge >= 0.3 is 0 Å². The van der Waals surface area contributed by atoms with Gasteiger partial charge in [0.25, 0.3) is 0 Å². The highest BCUT2D eigenvalue weighted by Gasteiger charge is 2.07. The van der Waals surface area contributed by atoms with Crippen molar-refractivity contribution in [2.75, 3.05) is 26.4 Å². The van der Waals surface area contributed by atoms with Crippen molar-refractivity contribution in [1.29, 1.82) is 0 Å². The van der Waals surface area contributed by atoms with Crippen molar-refractivity contribution in [3.63, 3.8) is 0 Å². The first-order valence-corrected chi connectivity index (χ1v) is 10.1. The zero-order valence-electron chi connectivity index (χ0n) is 17.3. The molecule has 2 aromatic rings. The largest absolute Gasteiger partial charge is 0.379 e. The van der Waals surface area contributed by atoms with E-state index in [0.717, 1.165) is 30.2 Å². The summed E-state index contributed by atoms with van der Waals surface area (Å²) in [7, 11) is 0. The summed E-state index contributed by atoms with van der Waals surface area (Å²) >= 11 is 0. The number of ether oxygens (including phenoxy) is 2. The normalized spacial score (nSPS) is 12.6. The van der Waals surface area contributed by atoms with E-state index in [-0.39, 0.29) is 6.04 Å². The van der Waals surface area contributed by atoms with Gasteiger partial charge in [0.15, 0.2) is 5.96 Å². The van der Waals surface area contributed by atoms with Crippen molar-refractivity contribution in [3.05, 3.63) is 71.3 Å². The molecule has 1 unspecified atom stereocenters. The Kier molecular flexibility index (Phi) is 10.1. The average molecular weight is 384 g/mol. The molecule has 0 aliphatic rings. The molecule has 0 saturated heterocycles. The van der Waals surface area contributed by atoms with Gasteiger partial charge in [0.1, 0.15) is 0 Å². The third-order valence-corrected chi connectivity index (χ3v) is 4.25.